The first-order valence-corrected chi connectivity index (χ1v) is 14.8. The van der Waals surface area contributed by atoms with Crippen LogP contribution in [0, 0.1) is 0 Å². The van der Waals surface area contributed by atoms with Crippen molar-refractivity contribution in [1.29, 1.82) is 0 Å². The van der Waals surface area contributed by atoms with Gasteiger partial charge in [-0.25, -0.2) is 0 Å². The summed E-state index contributed by atoms with van der Waals surface area (Å²) >= 11 is 0. The molecule has 5 atom stereocenters. The van der Waals surface area contributed by atoms with E-state index in [1.54, 1.807) is 0 Å². The van der Waals surface area contributed by atoms with Crippen LogP contribution in [0.15, 0.2) is 0 Å². The van der Waals surface area contributed by atoms with Gasteiger partial charge in [-0.05, 0) is 0 Å². The van der Waals surface area contributed by atoms with E-state index in [0.717, 1.165) is 7.11 Å². The molecule has 1 rings (SSSR count). The van der Waals surface area contributed by atoms with Crippen LogP contribution in [-0.4, -0.2) is 103 Å². The number of ether oxygens (including phenoxy) is 2. The molecule has 0 unspecified atom stereocenters. The minimum absolute atomic E-state index is 0.612. The van der Waals surface area contributed by atoms with Crippen LogP contribution in [0.3, 0.4) is 0 Å². The van der Waals surface area contributed by atoms with Crippen LogP contribution in [0.5, 0.6) is 0 Å². The molecule has 0 aromatic heterocycles. The van der Waals surface area contributed by atoms with E-state index in [9.17, 15) is 33.7 Å². The van der Waals surface area contributed by atoms with Crippen molar-refractivity contribution in [1.82, 2.24) is 0 Å². The van der Waals surface area contributed by atoms with Crippen LogP contribution in [0.2, 0.25) is 0 Å². The van der Waals surface area contributed by atoms with Gasteiger partial charge in [-0.2, -0.15) is 33.7 Å². The van der Waals surface area contributed by atoms with Crippen molar-refractivity contribution in [2.45, 2.75) is 30.7 Å². The van der Waals surface area contributed by atoms with Crippen LogP contribution >= 0.6 is 0 Å². The summed E-state index contributed by atoms with van der Waals surface area (Å²) in [5.41, 5.74) is 0. The Bertz CT molecular complexity index is 980. The van der Waals surface area contributed by atoms with E-state index in [2.05, 4.69) is 4.18 Å². The smallest absolute Gasteiger partial charge is 0.264 e. The van der Waals surface area contributed by atoms with Crippen molar-refractivity contribution in [3.05, 3.63) is 0 Å². The maximum atomic E-state index is 11.7. The standard InChI is InChI=1S/C11H22O14S4/c1-20-11-10(25-29(5,18)19)9(24-28(4,16)17)8(23-27(3,14)15)7(22-11)6-21-26(2,12)13/h7-11H,6H2,1-5H3/t7-,8-,9+,10-,11+/m0/s1. The molecule has 0 aromatic rings. The number of hydrogen-bond acceptors (Lipinski definition) is 14. The molecule has 1 saturated heterocycles. The molecule has 1 aliphatic heterocycles. The van der Waals surface area contributed by atoms with E-state index in [0.29, 0.717) is 25.0 Å². The minimum Gasteiger partial charge on any atom is -0.353 e. The molecule has 1 heterocycles. The average molecular weight is 507 g/mol. The van der Waals surface area contributed by atoms with Crippen LogP contribution in [-0.2, 0) is 66.7 Å². The normalized spacial score (nSPS) is 29.6. The van der Waals surface area contributed by atoms with Crippen LogP contribution in [0.4, 0.5) is 0 Å². The zero-order chi connectivity index (χ0) is 22.8. The molecule has 0 N–H and O–H groups in total. The third-order valence-electron chi connectivity index (χ3n) is 3.13. The fourth-order valence-corrected chi connectivity index (χ4v) is 4.57. The molecule has 0 radical (unpaired) electrons. The Labute approximate surface area is 169 Å². The second-order valence-corrected chi connectivity index (χ2v) is 12.5. The lowest BCUT2D eigenvalue weighted by atomic mass is 9.99. The Kier molecular flexibility index (Phi) is 8.59. The van der Waals surface area contributed by atoms with Crippen molar-refractivity contribution in [3.8, 4) is 0 Å². The van der Waals surface area contributed by atoms with Gasteiger partial charge < -0.3 is 9.47 Å². The first-order chi connectivity index (χ1) is 12.8. The molecule has 29 heavy (non-hydrogen) atoms. The lowest BCUT2D eigenvalue weighted by Crippen LogP contribution is -2.62. The lowest BCUT2D eigenvalue weighted by Gasteiger charge is -2.43. The van der Waals surface area contributed by atoms with Gasteiger partial charge in [-0.15, -0.1) is 0 Å². The summed E-state index contributed by atoms with van der Waals surface area (Å²) in [4.78, 5) is 0. The van der Waals surface area contributed by atoms with Gasteiger partial charge in [0.15, 0.2) is 12.4 Å². The summed E-state index contributed by atoms with van der Waals surface area (Å²) in [6, 6.07) is 0. The van der Waals surface area contributed by atoms with Crippen molar-refractivity contribution in [2.75, 3.05) is 38.7 Å². The van der Waals surface area contributed by atoms with Crippen molar-refractivity contribution in [3.63, 3.8) is 0 Å². The highest BCUT2D eigenvalue weighted by Gasteiger charge is 2.53. The Hall–Kier alpha value is -0.440. The molecule has 0 aliphatic carbocycles. The molecule has 0 saturated carbocycles. The maximum Gasteiger partial charge on any atom is 0.264 e. The summed E-state index contributed by atoms with van der Waals surface area (Å²) in [5, 5.41) is 0. The molecule has 1 fully saturated rings. The highest BCUT2D eigenvalue weighted by atomic mass is 32.2. The van der Waals surface area contributed by atoms with Gasteiger partial charge in [0, 0.05) is 7.11 Å². The third kappa shape index (κ3) is 9.94. The van der Waals surface area contributed by atoms with E-state index < -0.39 is 77.8 Å². The molecule has 0 spiro atoms. The topological polar surface area (TPSA) is 192 Å². The quantitative estimate of drug-likeness (QED) is 0.279. The Balaban J connectivity index is 3.49. The highest BCUT2D eigenvalue weighted by molar-refractivity contribution is 7.86. The number of methoxy groups -OCH3 is 1. The minimum atomic E-state index is -4.32. The first-order valence-electron chi connectivity index (χ1n) is 7.49. The highest BCUT2D eigenvalue weighted by Crippen LogP contribution is 2.31. The van der Waals surface area contributed by atoms with Crippen LogP contribution < -0.4 is 0 Å². The summed E-state index contributed by atoms with van der Waals surface area (Å²) in [7, 11) is -15.8. The van der Waals surface area contributed by atoms with Crippen LogP contribution in [0.25, 0.3) is 0 Å². The molecule has 18 heteroatoms. The zero-order valence-electron chi connectivity index (χ0n) is 15.9. The van der Waals surface area contributed by atoms with Gasteiger partial charge >= 0.3 is 0 Å². The van der Waals surface area contributed by atoms with Crippen LogP contribution in [0.1, 0.15) is 0 Å². The SMILES string of the molecule is CO[C@@H]1O[C@@H](COS(C)(=O)=O)[C@H](OS(C)(=O)=O)[C@@H](OS(C)(=O)=O)[C@@H]1OS(C)(=O)=O. The molecule has 174 valence electrons. The molecular formula is C11H22O14S4. The van der Waals surface area contributed by atoms with E-state index in [1.165, 1.54) is 0 Å². The zero-order valence-corrected chi connectivity index (χ0v) is 19.2. The van der Waals surface area contributed by atoms with Crippen molar-refractivity contribution in [2.24, 2.45) is 0 Å². The predicted molar refractivity (Wildman–Crippen MR) is 95.6 cm³/mol. The van der Waals surface area contributed by atoms with Gasteiger partial charge in [0.05, 0.1) is 31.6 Å². The second-order valence-electron chi connectivity index (χ2n) is 6.06. The Morgan fingerprint density at radius 2 is 1.07 bits per heavy atom. The van der Waals surface area contributed by atoms with E-state index in [4.69, 9.17) is 22.0 Å². The molecule has 14 nitrogen and oxygen atoms in total. The Morgan fingerprint density at radius 1 is 0.655 bits per heavy atom. The van der Waals surface area contributed by atoms with Gasteiger partial charge in [-0.3, -0.25) is 16.7 Å². The summed E-state index contributed by atoms with van der Waals surface area (Å²) < 4.78 is 122. The first kappa shape index (κ1) is 26.6. The van der Waals surface area contributed by atoms with E-state index in [1.807, 2.05) is 0 Å². The van der Waals surface area contributed by atoms with Gasteiger partial charge in [-0.1, -0.05) is 0 Å². The predicted octanol–water partition coefficient (Wildman–Crippen LogP) is -2.63. The number of rotatable bonds is 10. The molecule has 0 aromatic carbocycles. The van der Waals surface area contributed by atoms with Gasteiger partial charge in [0.2, 0.25) is 0 Å². The van der Waals surface area contributed by atoms with Crippen molar-refractivity contribution >= 4 is 40.5 Å². The monoisotopic (exact) mass is 506 g/mol. The van der Waals surface area contributed by atoms with Crippen molar-refractivity contribution < 1.29 is 59.9 Å². The van der Waals surface area contributed by atoms with Gasteiger partial charge in [0.25, 0.3) is 40.5 Å². The van der Waals surface area contributed by atoms with E-state index >= 15 is 0 Å². The number of hydrogen-bond donors (Lipinski definition) is 0. The molecule has 0 bridgehead atoms. The maximum absolute atomic E-state index is 11.7. The molecular weight excluding hydrogens is 484 g/mol. The Morgan fingerprint density at radius 3 is 1.45 bits per heavy atom. The fourth-order valence-electron chi connectivity index (χ4n) is 2.33. The van der Waals surface area contributed by atoms with Gasteiger partial charge in [0.1, 0.15) is 18.3 Å². The molecule has 1 aliphatic rings. The summed E-state index contributed by atoms with van der Waals surface area (Å²) in [5.74, 6) is 0. The largest absolute Gasteiger partial charge is 0.353 e. The summed E-state index contributed by atoms with van der Waals surface area (Å²) in [6.45, 7) is -0.825. The lowest BCUT2D eigenvalue weighted by molar-refractivity contribution is -0.276. The second kappa shape index (κ2) is 9.37. The van der Waals surface area contributed by atoms with E-state index in [-0.39, 0.29) is 0 Å². The third-order valence-corrected chi connectivity index (χ3v) is 5.41. The fraction of sp³-hybridized carbons (Fsp3) is 1.00. The average Bonchev–Trinajstić information content (AvgIpc) is 2.44. The summed E-state index contributed by atoms with van der Waals surface area (Å²) in [6.07, 6.45) is -6.25. The molecule has 0 amide bonds.